The van der Waals surface area contributed by atoms with Crippen LogP contribution in [0, 0.1) is 12.8 Å². The number of aromatic carboxylic acids is 1. The second-order valence-corrected chi connectivity index (χ2v) is 6.81. The lowest BCUT2D eigenvalue weighted by molar-refractivity contribution is 0.0453. The molecule has 110 valence electrons. The molecule has 1 fully saturated rings. The van der Waals surface area contributed by atoms with Gasteiger partial charge in [-0.25, -0.2) is 17.9 Å². The molecule has 0 aliphatic heterocycles. The van der Waals surface area contributed by atoms with Crippen LogP contribution in [0.1, 0.15) is 28.8 Å². The van der Waals surface area contributed by atoms with E-state index in [2.05, 4.69) is 4.72 Å². The fourth-order valence-electron chi connectivity index (χ4n) is 2.31. The number of carbonyl (C=O) groups is 1. The van der Waals surface area contributed by atoms with Crippen molar-refractivity contribution in [2.24, 2.45) is 5.92 Å². The summed E-state index contributed by atoms with van der Waals surface area (Å²) in [6.07, 6.45) is 0.856. The Morgan fingerprint density at radius 2 is 2.05 bits per heavy atom. The van der Waals surface area contributed by atoms with Crippen molar-refractivity contribution in [3.8, 4) is 0 Å². The highest BCUT2D eigenvalue weighted by Gasteiger charge is 2.29. The first-order valence-corrected chi connectivity index (χ1v) is 7.80. The molecule has 3 N–H and O–H groups in total. The molecule has 0 amide bonds. The van der Waals surface area contributed by atoms with Gasteiger partial charge in [-0.2, -0.15) is 0 Å². The van der Waals surface area contributed by atoms with Gasteiger partial charge >= 0.3 is 5.97 Å². The molecule has 1 aliphatic rings. The molecular formula is C13H17NO5S. The quantitative estimate of drug-likeness (QED) is 0.744. The van der Waals surface area contributed by atoms with E-state index in [0.717, 1.165) is 0 Å². The average molecular weight is 299 g/mol. The van der Waals surface area contributed by atoms with Crippen molar-refractivity contribution in [3.63, 3.8) is 0 Å². The molecule has 20 heavy (non-hydrogen) atoms. The van der Waals surface area contributed by atoms with Gasteiger partial charge in [0.2, 0.25) is 10.0 Å². The van der Waals surface area contributed by atoms with E-state index in [4.69, 9.17) is 10.2 Å². The van der Waals surface area contributed by atoms with E-state index in [1.807, 2.05) is 0 Å². The summed E-state index contributed by atoms with van der Waals surface area (Å²) in [6.45, 7) is 1.74. The van der Waals surface area contributed by atoms with Crippen molar-refractivity contribution in [2.45, 2.75) is 30.8 Å². The smallest absolute Gasteiger partial charge is 0.335 e. The average Bonchev–Trinajstić information content (AvgIpc) is 2.33. The molecule has 0 aromatic heterocycles. The number of aliphatic hydroxyl groups is 1. The van der Waals surface area contributed by atoms with Crippen LogP contribution >= 0.6 is 0 Å². The molecule has 1 aliphatic carbocycles. The SMILES string of the molecule is Cc1c(C(=O)O)cccc1S(=O)(=O)NCC1CC(O)C1. The van der Waals surface area contributed by atoms with Crippen LogP contribution in [0.15, 0.2) is 23.1 Å². The summed E-state index contributed by atoms with van der Waals surface area (Å²) in [4.78, 5) is 11.0. The first-order chi connectivity index (χ1) is 9.31. The monoisotopic (exact) mass is 299 g/mol. The van der Waals surface area contributed by atoms with E-state index < -0.39 is 16.0 Å². The van der Waals surface area contributed by atoms with E-state index in [1.165, 1.54) is 25.1 Å². The van der Waals surface area contributed by atoms with Gasteiger partial charge in [0.15, 0.2) is 0 Å². The second kappa shape index (κ2) is 5.51. The van der Waals surface area contributed by atoms with Gasteiger partial charge in [-0.3, -0.25) is 0 Å². The van der Waals surface area contributed by atoms with Crippen LogP contribution in [0.4, 0.5) is 0 Å². The first kappa shape index (κ1) is 15.0. The Balaban J connectivity index is 2.17. The second-order valence-electron chi connectivity index (χ2n) is 5.08. The number of rotatable bonds is 5. The van der Waals surface area contributed by atoms with E-state index >= 15 is 0 Å². The third-order valence-electron chi connectivity index (χ3n) is 3.58. The number of nitrogens with one attached hydrogen (secondary N) is 1. The molecule has 2 rings (SSSR count). The molecule has 1 aromatic rings. The topological polar surface area (TPSA) is 104 Å². The molecule has 0 unspecified atom stereocenters. The predicted molar refractivity (Wildman–Crippen MR) is 72.1 cm³/mol. The van der Waals surface area contributed by atoms with Crippen molar-refractivity contribution in [3.05, 3.63) is 29.3 Å². The number of carboxylic acid groups (broad SMARTS) is 1. The Kier molecular flexibility index (Phi) is 4.12. The number of hydrogen-bond donors (Lipinski definition) is 3. The molecule has 7 heteroatoms. The van der Waals surface area contributed by atoms with E-state index in [9.17, 15) is 13.2 Å². The standard InChI is InChI=1S/C13H17NO5S/c1-8-11(13(16)17)3-2-4-12(8)20(18,19)14-7-9-5-10(15)6-9/h2-4,9-10,14-15H,5-7H2,1H3,(H,16,17). The van der Waals surface area contributed by atoms with Crippen LogP contribution in [0.2, 0.25) is 0 Å². The summed E-state index contributed by atoms with van der Waals surface area (Å²) in [5, 5.41) is 18.2. The molecule has 0 bridgehead atoms. The molecule has 6 nitrogen and oxygen atoms in total. The van der Waals surface area contributed by atoms with Gasteiger partial charge in [0.05, 0.1) is 16.6 Å². The number of sulfonamides is 1. The van der Waals surface area contributed by atoms with Crippen molar-refractivity contribution in [2.75, 3.05) is 6.54 Å². The highest BCUT2D eigenvalue weighted by molar-refractivity contribution is 7.89. The maximum absolute atomic E-state index is 12.2. The maximum atomic E-state index is 12.2. The van der Waals surface area contributed by atoms with Crippen LogP contribution in [0.3, 0.4) is 0 Å². The first-order valence-electron chi connectivity index (χ1n) is 6.32. The summed E-state index contributed by atoms with van der Waals surface area (Å²) in [7, 11) is -3.73. The fourth-order valence-corrected chi connectivity index (χ4v) is 3.69. The van der Waals surface area contributed by atoms with Crippen LogP contribution in [0.5, 0.6) is 0 Å². The Hall–Kier alpha value is -1.44. The summed E-state index contributed by atoms with van der Waals surface area (Å²) in [6, 6.07) is 4.18. The van der Waals surface area contributed by atoms with Crippen molar-refractivity contribution in [1.82, 2.24) is 4.72 Å². The number of benzene rings is 1. The zero-order valence-corrected chi connectivity index (χ0v) is 11.9. The number of carboxylic acids is 1. The van der Waals surface area contributed by atoms with Gasteiger partial charge in [-0.15, -0.1) is 0 Å². The Morgan fingerprint density at radius 1 is 1.40 bits per heavy atom. The number of hydrogen-bond acceptors (Lipinski definition) is 4. The van der Waals surface area contributed by atoms with Gasteiger partial charge in [0, 0.05) is 6.54 Å². The van der Waals surface area contributed by atoms with E-state index in [-0.39, 0.29) is 34.6 Å². The predicted octanol–water partition coefficient (Wildman–Crippen LogP) is 0.742. The lowest BCUT2D eigenvalue weighted by Gasteiger charge is -2.31. The van der Waals surface area contributed by atoms with Crippen molar-refractivity contribution >= 4 is 16.0 Å². The summed E-state index contributed by atoms with van der Waals surface area (Å²) in [5.41, 5.74) is 0.202. The van der Waals surface area contributed by atoms with Crippen LogP contribution < -0.4 is 4.72 Å². The summed E-state index contributed by atoms with van der Waals surface area (Å²) < 4.78 is 26.8. The third kappa shape index (κ3) is 3.00. The lowest BCUT2D eigenvalue weighted by Crippen LogP contribution is -2.38. The highest BCUT2D eigenvalue weighted by Crippen LogP contribution is 2.27. The van der Waals surface area contributed by atoms with Crippen LogP contribution in [-0.4, -0.2) is 37.2 Å². The number of aliphatic hydroxyl groups excluding tert-OH is 1. The minimum atomic E-state index is -3.73. The Bertz CT molecular complexity index is 620. The Labute approximate surface area is 117 Å². The molecule has 0 spiro atoms. The van der Waals surface area contributed by atoms with Crippen molar-refractivity contribution < 1.29 is 23.4 Å². The van der Waals surface area contributed by atoms with E-state index in [0.29, 0.717) is 12.8 Å². The van der Waals surface area contributed by atoms with Crippen LogP contribution in [0.25, 0.3) is 0 Å². The molecule has 1 saturated carbocycles. The molecule has 0 heterocycles. The van der Waals surface area contributed by atoms with E-state index in [1.54, 1.807) is 0 Å². The van der Waals surface area contributed by atoms with Gasteiger partial charge in [0.25, 0.3) is 0 Å². The normalized spacial score (nSPS) is 22.3. The van der Waals surface area contributed by atoms with Crippen LogP contribution in [-0.2, 0) is 10.0 Å². The summed E-state index contributed by atoms with van der Waals surface area (Å²) in [5.74, 6) is -1.01. The summed E-state index contributed by atoms with van der Waals surface area (Å²) >= 11 is 0. The Morgan fingerprint density at radius 3 is 2.60 bits per heavy atom. The largest absolute Gasteiger partial charge is 0.478 e. The molecule has 1 aromatic carbocycles. The minimum absolute atomic E-state index is 0.0164. The lowest BCUT2D eigenvalue weighted by atomic mass is 9.83. The van der Waals surface area contributed by atoms with Gasteiger partial charge in [-0.1, -0.05) is 6.07 Å². The molecule has 0 atom stereocenters. The molecule has 0 radical (unpaired) electrons. The van der Waals surface area contributed by atoms with Crippen molar-refractivity contribution in [1.29, 1.82) is 0 Å². The molecular weight excluding hydrogens is 282 g/mol. The molecule has 0 saturated heterocycles. The van der Waals surface area contributed by atoms with Gasteiger partial charge in [0.1, 0.15) is 0 Å². The van der Waals surface area contributed by atoms with Gasteiger partial charge < -0.3 is 10.2 Å². The van der Waals surface area contributed by atoms with Gasteiger partial charge in [-0.05, 0) is 43.4 Å². The zero-order chi connectivity index (χ0) is 14.9. The zero-order valence-electron chi connectivity index (χ0n) is 11.0. The highest BCUT2D eigenvalue weighted by atomic mass is 32.2. The maximum Gasteiger partial charge on any atom is 0.335 e. The fraction of sp³-hybridized carbons (Fsp3) is 0.462. The third-order valence-corrected chi connectivity index (χ3v) is 5.14. The minimum Gasteiger partial charge on any atom is -0.478 e.